The molecule has 0 N–H and O–H groups in total. The molecule has 0 aliphatic carbocycles. The van der Waals surface area contributed by atoms with Crippen LogP contribution < -0.4 is 0 Å². The third-order valence-electron chi connectivity index (χ3n) is 1.60. The number of aromatic nitrogens is 2. The van der Waals surface area contributed by atoms with Gasteiger partial charge >= 0.3 is 5.97 Å². The quantitative estimate of drug-likeness (QED) is 0.746. The first-order chi connectivity index (χ1) is 6.84. The van der Waals surface area contributed by atoms with Crippen LogP contribution in [0.1, 0.15) is 0 Å². The minimum atomic E-state index is -3.34. The molecular formula is C7H9BrN2O4S. The summed E-state index contributed by atoms with van der Waals surface area (Å²) in [5, 5.41) is 3.82. The Balaban J connectivity index is 3.02. The standard InChI is InChI=1S/C7H9BrN2O4S/c1-14-6(11)4-10-3-5(7(8)9-10)15(2,12)13/h3H,4H2,1-2H3. The molecule has 84 valence electrons. The molecule has 6 nitrogen and oxygen atoms in total. The number of ether oxygens (including phenoxy) is 1. The third kappa shape index (κ3) is 3.03. The van der Waals surface area contributed by atoms with Gasteiger partial charge in [-0.3, -0.25) is 9.48 Å². The number of nitrogens with zero attached hydrogens (tertiary/aromatic N) is 2. The SMILES string of the molecule is COC(=O)Cn1cc(S(C)(=O)=O)c(Br)n1. The summed E-state index contributed by atoms with van der Waals surface area (Å²) in [6, 6.07) is 0. The number of sulfone groups is 1. The zero-order chi connectivity index (χ0) is 11.6. The first-order valence-electron chi connectivity index (χ1n) is 3.84. The van der Waals surface area contributed by atoms with Crippen LogP contribution in [0.3, 0.4) is 0 Å². The van der Waals surface area contributed by atoms with E-state index in [0.717, 1.165) is 6.26 Å². The largest absolute Gasteiger partial charge is 0.468 e. The van der Waals surface area contributed by atoms with E-state index in [1.165, 1.54) is 18.0 Å². The maximum atomic E-state index is 11.2. The molecule has 0 radical (unpaired) electrons. The Kier molecular flexibility index (Phi) is 3.50. The van der Waals surface area contributed by atoms with Crippen molar-refractivity contribution in [1.82, 2.24) is 9.78 Å². The van der Waals surface area contributed by atoms with E-state index in [4.69, 9.17) is 0 Å². The monoisotopic (exact) mass is 296 g/mol. The van der Waals surface area contributed by atoms with E-state index in [0.29, 0.717) is 0 Å². The van der Waals surface area contributed by atoms with Crippen molar-refractivity contribution >= 4 is 31.7 Å². The van der Waals surface area contributed by atoms with Gasteiger partial charge in [0.2, 0.25) is 0 Å². The molecule has 1 rings (SSSR count). The first kappa shape index (κ1) is 12.2. The van der Waals surface area contributed by atoms with Crippen LogP contribution in [0, 0.1) is 0 Å². The molecule has 0 unspecified atom stereocenters. The number of hydrogen-bond donors (Lipinski definition) is 0. The van der Waals surface area contributed by atoms with Gasteiger partial charge in [0.25, 0.3) is 0 Å². The van der Waals surface area contributed by atoms with E-state index in [1.54, 1.807) is 0 Å². The highest BCUT2D eigenvalue weighted by molar-refractivity contribution is 9.10. The van der Waals surface area contributed by atoms with Gasteiger partial charge in [-0.05, 0) is 15.9 Å². The van der Waals surface area contributed by atoms with Gasteiger partial charge in [0, 0.05) is 12.5 Å². The summed E-state index contributed by atoms with van der Waals surface area (Å²) in [4.78, 5) is 11.0. The predicted octanol–water partition coefficient (Wildman–Crippen LogP) is 0.222. The van der Waals surface area contributed by atoms with Crippen molar-refractivity contribution in [2.75, 3.05) is 13.4 Å². The summed E-state index contributed by atoms with van der Waals surface area (Å²) < 4.78 is 28.3. The second kappa shape index (κ2) is 4.31. The summed E-state index contributed by atoms with van der Waals surface area (Å²) in [5.74, 6) is -0.495. The Hall–Kier alpha value is -0.890. The van der Waals surface area contributed by atoms with Gasteiger partial charge in [-0.2, -0.15) is 5.10 Å². The van der Waals surface area contributed by atoms with Crippen molar-refractivity contribution in [2.24, 2.45) is 0 Å². The van der Waals surface area contributed by atoms with Gasteiger partial charge in [-0.15, -0.1) is 0 Å². The molecule has 0 bridgehead atoms. The van der Waals surface area contributed by atoms with Gasteiger partial charge in [-0.25, -0.2) is 8.42 Å². The van der Waals surface area contributed by atoms with Gasteiger partial charge in [0.1, 0.15) is 16.0 Å². The highest BCUT2D eigenvalue weighted by Gasteiger charge is 2.17. The molecule has 8 heteroatoms. The van der Waals surface area contributed by atoms with Gasteiger partial charge in [-0.1, -0.05) is 0 Å². The van der Waals surface area contributed by atoms with Crippen LogP contribution in [0.4, 0.5) is 0 Å². The van der Waals surface area contributed by atoms with Crippen LogP contribution in [0.15, 0.2) is 15.7 Å². The van der Waals surface area contributed by atoms with E-state index in [2.05, 4.69) is 25.8 Å². The number of methoxy groups -OCH3 is 1. The van der Waals surface area contributed by atoms with E-state index in [1.807, 2.05) is 0 Å². The van der Waals surface area contributed by atoms with Gasteiger partial charge < -0.3 is 4.74 Å². The fourth-order valence-corrected chi connectivity index (χ4v) is 2.75. The molecule has 0 amide bonds. The van der Waals surface area contributed by atoms with Gasteiger partial charge in [0.05, 0.1) is 7.11 Å². The Labute approximate surface area is 95.3 Å². The lowest BCUT2D eigenvalue weighted by molar-refractivity contribution is -0.141. The third-order valence-corrected chi connectivity index (χ3v) is 3.55. The van der Waals surface area contributed by atoms with Crippen molar-refractivity contribution in [3.8, 4) is 0 Å². The summed E-state index contributed by atoms with van der Waals surface area (Å²) >= 11 is 3.00. The highest BCUT2D eigenvalue weighted by Crippen LogP contribution is 2.19. The van der Waals surface area contributed by atoms with Crippen molar-refractivity contribution in [1.29, 1.82) is 0 Å². The van der Waals surface area contributed by atoms with E-state index >= 15 is 0 Å². The van der Waals surface area contributed by atoms with Crippen molar-refractivity contribution in [3.05, 3.63) is 10.8 Å². The molecule has 0 fully saturated rings. The van der Waals surface area contributed by atoms with Gasteiger partial charge in [0.15, 0.2) is 9.84 Å². The second-order valence-corrected chi connectivity index (χ2v) is 5.57. The lowest BCUT2D eigenvalue weighted by atomic mass is 10.6. The number of hydrogen-bond acceptors (Lipinski definition) is 5. The van der Waals surface area contributed by atoms with Crippen molar-refractivity contribution in [3.63, 3.8) is 0 Å². The number of halogens is 1. The Morgan fingerprint density at radius 3 is 2.67 bits per heavy atom. The van der Waals surface area contributed by atoms with Crippen LogP contribution in [-0.2, 0) is 25.9 Å². The summed E-state index contributed by atoms with van der Waals surface area (Å²) in [6.45, 7) is -0.120. The van der Waals surface area contributed by atoms with Crippen LogP contribution in [0.5, 0.6) is 0 Å². The molecule has 0 spiro atoms. The molecular weight excluding hydrogens is 288 g/mol. The zero-order valence-corrected chi connectivity index (χ0v) is 10.5. The lowest BCUT2D eigenvalue weighted by Crippen LogP contribution is -2.11. The smallest absolute Gasteiger partial charge is 0.327 e. The average Bonchev–Trinajstić information content (AvgIpc) is 2.45. The highest BCUT2D eigenvalue weighted by atomic mass is 79.9. The fourth-order valence-electron chi connectivity index (χ4n) is 0.906. The second-order valence-electron chi connectivity index (χ2n) is 2.83. The minimum Gasteiger partial charge on any atom is -0.468 e. The molecule has 0 atom stereocenters. The lowest BCUT2D eigenvalue weighted by Gasteiger charge is -1.97. The summed E-state index contributed by atoms with van der Waals surface area (Å²) in [5.41, 5.74) is 0. The topological polar surface area (TPSA) is 78.3 Å². The van der Waals surface area contributed by atoms with E-state index < -0.39 is 15.8 Å². The van der Waals surface area contributed by atoms with E-state index in [-0.39, 0.29) is 16.0 Å². The van der Waals surface area contributed by atoms with Crippen LogP contribution in [0.2, 0.25) is 0 Å². The molecule has 1 aromatic rings. The van der Waals surface area contributed by atoms with Crippen LogP contribution in [-0.4, -0.2) is 37.5 Å². The summed E-state index contributed by atoms with van der Waals surface area (Å²) in [7, 11) is -2.09. The predicted molar refractivity (Wildman–Crippen MR) is 55.1 cm³/mol. The zero-order valence-electron chi connectivity index (χ0n) is 8.10. The number of rotatable bonds is 3. The van der Waals surface area contributed by atoms with Crippen molar-refractivity contribution in [2.45, 2.75) is 11.4 Å². The van der Waals surface area contributed by atoms with Crippen LogP contribution in [0.25, 0.3) is 0 Å². The number of carbonyl (C=O) groups is 1. The maximum Gasteiger partial charge on any atom is 0.327 e. The van der Waals surface area contributed by atoms with Crippen molar-refractivity contribution < 1.29 is 17.9 Å². The Bertz CT molecular complexity index is 479. The molecule has 0 aliphatic heterocycles. The number of esters is 1. The molecule has 0 saturated carbocycles. The Morgan fingerprint density at radius 2 is 2.27 bits per heavy atom. The Morgan fingerprint density at radius 1 is 1.67 bits per heavy atom. The molecule has 1 heterocycles. The molecule has 15 heavy (non-hydrogen) atoms. The number of carbonyl (C=O) groups excluding carboxylic acids is 1. The first-order valence-corrected chi connectivity index (χ1v) is 6.53. The average molecular weight is 297 g/mol. The summed E-state index contributed by atoms with van der Waals surface area (Å²) in [6.07, 6.45) is 2.34. The van der Waals surface area contributed by atoms with E-state index in [9.17, 15) is 13.2 Å². The maximum absolute atomic E-state index is 11.2. The van der Waals surface area contributed by atoms with Crippen LogP contribution >= 0.6 is 15.9 Å². The minimum absolute atomic E-state index is 0.0476. The molecule has 0 aliphatic rings. The molecule has 0 saturated heterocycles. The molecule has 0 aromatic carbocycles. The molecule has 1 aromatic heterocycles. The fraction of sp³-hybridized carbons (Fsp3) is 0.429. The normalized spacial score (nSPS) is 11.4.